The first-order valence-electron chi connectivity index (χ1n) is 7.85. The van der Waals surface area contributed by atoms with Gasteiger partial charge in [-0.05, 0) is 32.0 Å². The highest BCUT2D eigenvalue weighted by Gasteiger charge is 2.19. The van der Waals surface area contributed by atoms with Crippen LogP contribution in [0.4, 0.5) is 0 Å². The molecule has 6 nitrogen and oxygen atoms in total. The zero-order valence-corrected chi connectivity index (χ0v) is 14.9. The molecule has 0 saturated carbocycles. The molecule has 0 spiro atoms. The van der Waals surface area contributed by atoms with Gasteiger partial charge in [0.25, 0.3) is 0 Å². The molecule has 0 unspecified atom stereocenters. The van der Waals surface area contributed by atoms with Crippen molar-refractivity contribution in [3.8, 4) is 0 Å². The Bertz CT molecular complexity index is 1080. The number of esters is 1. The van der Waals surface area contributed by atoms with Gasteiger partial charge in [0.05, 0.1) is 26.9 Å². The lowest BCUT2D eigenvalue weighted by atomic mass is 10.1. The fourth-order valence-corrected chi connectivity index (χ4v) is 3.80. The highest BCUT2D eigenvalue weighted by atomic mass is 32.1. The van der Waals surface area contributed by atoms with Gasteiger partial charge in [-0.25, -0.2) is 14.8 Å². The van der Waals surface area contributed by atoms with Crippen LogP contribution in [0.5, 0.6) is 0 Å². The third kappa shape index (κ3) is 2.76. The van der Waals surface area contributed by atoms with Crippen LogP contribution in [0, 0.1) is 13.8 Å². The van der Waals surface area contributed by atoms with E-state index in [1.54, 1.807) is 10.7 Å². The van der Waals surface area contributed by atoms with E-state index in [1.807, 2.05) is 45.2 Å². The van der Waals surface area contributed by atoms with E-state index in [9.17, 15) is 4.79 Å². The predicted octanol–water partition coefficient (Wildman–Crippen LogP) is 3.55. The Morgan fingerprint density at radius 3 is 2.84 bits per heavy atom. The standard InChI is InChI=1S/C18H16N4O2S/c1-10-8-12(16-11(2)21-22(3)17(16)19-10)18(23)24-9-15-20-13-6-4-5-7-14(13)25-15/h4-8H,9H2,1-3H3. The molecule has 0 bridgehead atoms. The van der Waals surface area contributed by atoms with Gasteiger partial charge in [0, 0.05) is 12.7 Å². The van der Waals surface area contributed by atoms with Crippen LogP contribution in [0.15, 0.2) is 30.3 Å². The maximum atomic E-state index is 12.7. The number of thiazole rings is 1. The summed E-state index contributed by atoms with van der Waals surface area (Å²) in [6.45, 7) is 3.87. The Hall–Kier alpha value is -2.80. The lowest BCUT2D eigenvalue weighted by molar-refractivity contribution is 0.0474. The molecule has 4 aromatic rings. The van der Waals surface area contributed by atoms with Gasteiger partial charge in [-0.2, -0.15) is 5.10 Å². The third-order valence-electron chi connectivity index (χ3n) is 3.98. The minimum absolute atomic E-state index is 0.153. The van der Waals surface area contributed by atoms with Crippen LogP contribution in [-0.2, 0) is 18.4 Å². The van der Waals surface area contributed by atoms with E-state index in [1.165, 1.54) is 11.3 Å². The van der Waals surface area contributed by atoms with E-state index < -0.39 is 0 Å². The van der Waals surface area contributed by atoms with Gasteiger partial charge in [0.2, 0.25) is 0 Å². The SMILES string of the molecule is Cc1cc(C(=O)OCc2nc3ccccc3s2)c2c(C)nn(C)c2n1. The highest BCUT2D eigenvalue weighted by Crippen LogP contribution is 2.25. The van der Waals surface area contributed by atoms with Gasteiger partial charge in [-0.1, -0.05) is 12.1 Å². The number of aromatic nitrogens is 4. The molecule has 1 aromatic carbocycles. The molecule has 0 fully saturated rings. The van der Waals surface area contributed by atoms with Gasteiger partial charge in [-0.3, -0.25) is 4.68 Å². The monoisotopic (exact) mass is 352 g/mol. The number of carbonyl (C=O) groups excluding carboxylic acids is 1. The van der Waals surface area contributed by atoms with E-state index >= 15 is 0 Å². The third-order valence-corrected chi connectivity index (χ3v) is 4.99. The number of nitrogens with zero attached hydrogens (tertiary/aromatic N) is 4. The molecule has 126 valence electrons. The molecule has 0 radical (unpaired) electrons. The van der Waals surface area contributed by atoms with E-state index in [4.69, 9.17) is 4.74 Å². The topological polar surface area (TPSA) is 69.9 Å². The summed E-state index contributed by atoms with van der Waals surface area (Å²) >= 11 is 1.53. The van der Waals surface area contributed by atoms with E-state index in [2.05, 4.69) is 15.1 Å². The Morgan fingerprint density at radius 1 is 1.24 bits per heavy atom. The fraction of sp³-hybridized carbons (Fsp3) is 0.222. The molecule has 0 aliphatic carbocycles. The zero-order chi connectivity index (χ0) is 17.6. The van der Waals surface area contributed by atoms with E-state index in [-0.39, 0.29) is 12.6 Å². The Labute approximate surface area is 148 Å². The second-order valence-electron chi connectivity index (χ2n) is 5.87. The first-order chi connectivity index (χ1) is 12.0. The van der Waals surface area contributed by atoms with Crippen LogP contribution in [0.25, 0.3) is 21.3 Å². The van der Waals surface area contributed by atoms with Crippen molar-refractivity contribution in [2.45, 2.75) is 20.5 Å². The number of ether oxygens (including phenoxy) is 1. The summed E-state index contributed by atoms with van der Waals surface area (Å²) in [6, 6.07) is 9.62. The smallest absolute Gasteiger partial charge is 0.339 e. The van der Waals surface area contributed by atoms with Crippen LogP contribution in [0.1, 0.15) is 26.8 Å². The summed E-state index contributed by atoms with van der Waals surface area (Å²) in [5.74, 6) is -0.383. The first-order valence-corrected chi connectivity index (χ1v) is 8.67. The van der Waals surface area contributed by atoms with Gasteiger partial charge in [0.1, 0.15) is 11.6 Å². The summed E-state index contributed by atoms with van der Waals surface area (Å²) in [6.07, 6.45) is 0. The summed E-state index contributed by atoms with van der Waals surface area (Å²) in [7, 11) is 1.82. The van der Waals surface area contributed by atoms with Gasteiger partial charge in [-0.15, -0.1) is 11.3 Å². The summed E-state index contributed by atoms with van der Waals surface area (Å²) in [4.78, 5) is 21.6. The zero-order valence-electron chi connectivity index (χ0n) is 14.1. The molecule has 0 amide bonds. The molecule has 0 aliphatic rings. The van der Waals surface area contributed by atoms with Crippen LogP contribution >= 0.6 is 11.3 Å². The molecule has 0 aliphatic heterocycles. The average Bonchev–Trinajstić information content (AvgIpc) is 3.13. The summed E-state index contributed by atoms with van der Waals surface area (Å²) in [5, 5.41) is 5.87. The molecular formula is C18H16N4O2S. The van der Waals surface area contributed by atoms with Crippen molar-refractivity contribution in [2.24, 2.45) is 7.05 Å². The van der Waals surface area contributed by atoms with Crippen molar-refractivity contribution in [3.05, 3.63) is 52.3 Å². The maximum absolute atomic E-state index is 12.7. The Balaban J connectivity index is 1.64. The van der Waals surface area contributed by atoms with Crippen molar-refractivity contribution in [3.63, 3.8) is 0 Å². The van der Waals surface area contributed by atoms with Crippen molar-refractivity contribution < 1.29 is 9.53 Å². The molecule has 3 heterocycles. The minimum atomic E-state index is -0.383. The van der Waals surface area contributed by atoms with Crippen LogP contribution in [0.2, 0.25) is 0 Å². The number of pyridine rings is 1. The largest absolute Gasteiger partial charge is 0.455 e. The molecule has 3 aromatic heterocycles. The Morgan fingerprint density at radius 2 is 2.04 bits per heavy atom. The molecule has 0 N–H and O–H groups in total. The molecule has 4 rings (SSSR count). The van der Waals surface area contributed by atoms with Crippen LogP contribution in [-0.4, -0.2) is 25.7 Å². The minimum Gasteiger partial charge on any atom is -0.455 e. The molecule has 0 atom stereocenters. The molecule has 25 heavy (non-hydrogen) atoms. The number of aryl methyl sites for hydroxylation is 3. The van der Waals surface area contributed by atoms with Gasteiger partial charge in [0.15, 0.2) is 5.65 Å². The predicted molar refractivity (Wildman–Crippen MR) is 96.7 cm³/mol. The van der Waals surface area contributed by atoms with E-state index in [0.29, 0.717) is 11.2 Å². The van der Waals surface area contributed by atoms with Crippen LogP contribution < -0.4 is 0 Å². The number of hydrogen-bond acceptors (Lipinski definition) is 6. The van der Waals surface area contributed by atoms with Gasteiger partial charge < -0.3 is 4.74 Å². The van der Waals surface area contributed by atoms with Crippen molar-refractivity contribution in [1.82, 2.24) is 19.7 Å². The lowest BCUT2D eigenvalue weighted by Gasteiger charge is -2.06. The number of para-hydroxylation sites is 1. The number of rotatable bonds is 3. The Kier molecular flexibility index (Phi) is 3.73. The first kappa shape index (κ1) is 15.7. The summed E-state index contributed by atoms with van der Waals surface area (Å²) in [5.41, 5.74) is 3.61. The average molecular weight is 352 g/mol. The molecule has 0 saturated heterocycles. The van der Waals surface area contributed by atoms with Crippen LogP contribution in [0.3, 0.4) is 0 Å². The molecular weight excluding hydrogens is 336 g/mol. The second kappa shape index (κ2) is 5.93. The van der Waals surface area contributed by atoms with Crippen molar-refractivity contribution >= 4 is 38.6 Å². The lowest BCUT2D eigenvalue weighted by Crippen LogP contribution is -2.07. The van der Waals surface area contributed by atoms with Crippen molar-refractivity contribution in [2.75, 3.05) is 0 Å². The normalized spacial score (nSPS) is 11.3. The number of fused-ring (bicyclic) bond motifs is 2. The fourth-order valence-electron chi connectivity index (χ4n) is 2.92. The number of benzene rings is 1. The highest BCUT2D eigenvalue weighted by molar-refractivity contribution is 7.18. The van der Waals surface area contributed by atoms with Gasteiger partial charge >= 0.3 is 5.97 Å². The number of hydrogen-bond donors (Lipinski definition) is 0. The second-order valence-corrected chi connectivity index (χ2v) is 6.99. The number of carbonyl (C=O) groups is 1. The molecule has 7 heteroatoms. The summed E-state index contributed by atoms with van der Waals surface area (Å²) < 4.78 is 8.28. The van der Waals surface area contributed by atoms with E-state index in [0.717, 1.165) is 32.0 Å². The maximum Gasteiger partial charge on any atom is 0.339 e. The quantitative estimate of drug-likeness (QED) is 0.527. The van der Waals surface area contributed by atoms with Crippen molar-refractivity contribution in [1.29, 1.82) is 0 Å².